The largest absolute Gasteiger partial charge is 0.490 e. The lowest BCUT2D eigenvalue weighted by molar-refractivity contribution is -0.113. The molecule has 0 aromatic heterocycles. The van der Waals surface area contributed by atoms with E-state index >= 15 is 4.39 Å². The van der Waals surface area contributed by atoms with Gasteiger partial charge in [-0.3, -0.25) is 0 Å². The molecule has 2 nitrogen and oxygen atoms in total. The van der Waals surface area contributed by atoms with Crippen molar-refractivity contribution in [2.24, 2.45) is 0 Å². The van der Waals surface area contributed by atoms with E-state index in [1.807, 2.05) is 6.92 Å². The second kappa shape index (κ2) is 8.64. The molecule has 0 aliphatic heterocycles. The summed E-state index contributed by atoms with van der Waals surface area (Å²) in [6, 6.07) is 9.62. The van der Waals surface area contributed by atoms with Crippen LogP contribution in [0.15, 0.2) is 36.4 Å². The predicted octanol–water partition coefficient (Wildman–Crippen LogP) is 6.21. The molecule has 1 fully saturated rings. The van der Waals surface area contributed by atoms with E-state index in [0.717, 1.165) is 38.4 Å². The summed E-state index contributed by atoms with van der Waals surface area (Å²) in [6.07, 6.45) is 6.72. The highest BCUT2D eigenvalue weighted by atomic mass is 19.1. The van der Waals surface area contributed by atoms with Gasteiger partial charge >= 0.3 is 0 Å². The van der Waals surface area contributed by atoms with E-state index in [-0.39, 0.29) is 5.75 Å². The summed E-state index contributed by atoms with van der Waals surface area (Å²) in [5, 5.41) is 0. The first kappa shape index (κ1) is 19.5. The Morgan fingerprint density at radius 2 is 1.78 bits per heavy atom. The molecule has 1 aliphatic rings. The van der Waals surface area contributed by atoms with E-state index in [4.69, 9.17) is 4.74 Å². The van der Waals surface area contributed by atoms with Crippen LogP contribution >= 0.6 is 0 Å². The Kier molecular flexibility index (Phi) is 6.25. The standard InChI is InChI=1S/C23H26F2O2/c1-2-3-15-27-22-18(17-9-5-6-10-20(17)24)11-12-19(21(22)25)23(16-26)13-7-4-8-14-23/h5-6,9-12,16H,2-4,7-8,13-15H2,1H3. The van der Waals surface area contributed by atoms with Gasteiger partial charge in [0.15, 0.2) is 11.6 Å². The monoisotopic (exact) mass is 372 g/mol. The number of halogens is 2. The van der Waals surface area contributed by atoms with Crippen molar-refractivity contribution >= 4 is 6.29 Å². The second-order valence-corrected chi connectivity index (χ2v) is 7.32. The van der Waals surface area contributed by atoms with Crippen molar-refractivity contribution in [2.75, 3.05) is 6.61 Å². The summed E-state index contributed by atoms with van der Waals surface area (Å²) in [6.45, 7) is 2.38. The van der Waals surface area contributed by atoms with Crippen LogP contribution < -0.4 is 4.74 Å². The van der Waals surface area contributed by atoms with E-state index < -0.39 is 17.0 Å². The number of rotatable bonds is 7. The highest BCUT2D eigenvalue weighted by Crippen LogP contribution is 2.44. The third-order valence-electron chi connectivity index (χ3n) is 5.51. The van der Waals surface area contributed by atoms with Crippen LogP contribution in [0.5, 0.6) is 5.75 Å². The van der Waals surface area contributed by atoms with E-state index in [1.165, 1.54) is 6.07 Å². The predicted molar refractivity (Wildman–Crippen MR) is 103 cm³/mol. The van der Waals surface area contributed by atoms with E-state index in [9.17, 15) is 9.18 Å². The van der Waals surface area contributed by atoms with Crippen LogP contribution in [0.1, 0.15) is 57.4 Å². The van der Waals surface area contributed by atoms with Crippen molar-refractivity contribution in [3.63, 3.8) is 0 Å². The minimum absolute atomic E-state index is 0.0536. The van der Waals surface area contributed by atoms with Gasteiger partial charge in [-0.1, -0.05) is 62.9 Å². The lowest BCUT2D eigenvalue weighted by Crippen LogP contribution is -2.32. The molecule has 0 radical (unpaired) electrons. The average Bonchev–Trinajstić information content (AvgIpc) is 2.70. The van der Waals surface area contributed by atoms with Crippen LogP contribution in [0, 0.1) is 11.6 Å². The van der Waals surface area contributed by atoms with Crippen LogP contribution in [0.3, 0.4) is 0 Å². The molecule has 0 bridgehead atoms. The quantitative estimate of drug-likeness (QED) is 0.426. The highest BCUT2D eigenvalue weighted by molar-refractivity contribution is 5.75. The van der Waals surface area contributed by atoms with Gasteiger partial charge in [0.25, 0.3) is 0 Å². The van der Waals surface area contributed by atoms with Gasteiger partial charge in [-0.25, -0.2) is 8.78 Å². The van der Waals surface area contributed by atoms with Gasteiger partial charge in [0.05, 0.1) is 12.0 Å². The Morgan fingerprint density at radius 3 is 2.44 bits per heavy atom. The Hall–Kier alpha value is -2.23. The lowest BCUT2D eigenvalue weighted by Gasteiger charge is -2.33. The number of hydrogen-bond acceptors (Lipinski definition) is 2. The van der Waals surface area contributed by atoms with Gasteiger partial charge < -0.3 is 9.53 Å². The minimum Gasteiger partial charge on any atom is -0.490 e. The Bertz CT molecular complexity index is 795. The van der Waals surface area contributed by atoms with Crippen molar-refractivity contribution in [3.8, 4) is 16.9 Å². The van der Waals surface area contributed by atoms with Crippen molar-refractivity contribution in [3.05, 3.63) is 53.6 Å². The molecule has 0 spiro atoms. The summed E-state index contributed by atoms with van der Waals surface area (Å²) in [5.74, 6) is -0.897. The SMILES string of the molecule is CCCCOc1c(-c2ccccc2F)ccc(C2(C=O)CCCCC2)c1F. The van der Waals surface area contributed by atoms with Gasteiger partial charge in [-0.15, -0.1) is 0 Å². The van der Waals surface area contributed by atoms with Crippen LogP contribution in [-0.2, 0) is 10.2 Å². The van der Waals surface area contributed by atoms with Crippen molar-refractivity contribution in [1.82, 2.24) is 0 Å². The van der Waals surface area contributed by atoms with Gasteiger partial charge in [-0.2, -0.15) is 0 Å². The molecule has 144 valence electrons. The fourth-order valence-electron chi connectivity index (χ4n) is 3.93. The Morgan fingerprint density at radius 1 is 1.04 bits per heavy atom. The maximum absolute atomic E-state index is 15.6. The van der Waals surface area contributed by atoms with E-state index in [0.29, 0.717) is 36.1 Å². The number of ether oxygens (including phenoxy) is 1. The van der Waals surface area contributed by atoms with Crippen LogP contribution in [0.2, 0.25) is 0 Å². The highest BCUT2D eigenvalue weighted by Gasteiger charge is 2.37. The Labute approximate surface area is 159 Å². The molecule has 2 aromatic rings. The van der Waals surface area contributed by atoms with E-state index in [2.05, 4.69) is 0 Å². The molecule has 3 rings (SSSR count). The van der Waals surface area contributed by atoms with Crippen LogP contribution in [0.25, 0.3) is 11.1 Å². The maximum Gasteiger partial charge on any atom is 0.169 e. The zero-order chi connectivity index (χ0) is 19.3. The summed E-state index contributed by atoms with van der Waals surface area (Å²) >= 11 is 0. The number of carbonyl (C=O) groups excluding carboxylic acids is 1. The first-order valence-corrected chi connectivity index (χ1v) is 9.80. The number of unbranched alkanes of at least 4 members (excludes halogenated alkanes) is 1. The molecule has 1 aliphatic carbocycles. The lowest BCUT2D eigenvalue weighted by atomic mass is 9.70. The maximum atomic E-state index is 15.6. The fraction of sp³-hybridized carbons (Fsp3) is 0.435. The molecule has 27 heavy (non-hydrogen) atoms. The second-order valence-electron chi connectivity index (χ2n) is 7.32. The molecule has 0 saturated heterocycles. The molecule has 0 unspecified atom stereocenters. The number of hydrogen-bond donors (Lipinski definition) is 0. The summed E-state index contributed by atoms with van der Waals surface area (Å²) < 4.78 is 35.7. The van der Waals surface area contributed by atoms with Gasteiger partial charge in [-0.05, 0) is 25.3 Å². The molecule has 4 heteroatoms. The summed E-state index contributed by atoms with van der Waals surface area (Å²) in [5.41, 5.74) is 0.267. The number of benzene rings is 2. The average molecular weight is 372 g/mol. The van der Waals surface area contributed by atoms with E-state index in [1.54, 1.807) is 30.3 Å². The van der Waals surface area contributed by atoms with Gasteiger partial charge in [0.2, 0.25) is 0 Å². The van der Waals surface area contributed by atoms with Gasteiger partial charge in [0.1, 0.15) is 12.1 Å². The topological polar surface area (TPSA) is 26.3 Å². The number of aldehydes is 1. The van der Waals surface area contributed by atoms with Crippen LogP contribution in [-0.4, -0.2) is 12.9 Å². The molecule has 1 saturated carbocycles. The summed E-state index contributed by atoms with van der Waals surface area (Å²) in [4.78, 5) is 11.9. The normalized spacial score (nSPS) is 16.1. The van der Waals surface area contributed by atoms with Crippen molar-refractivity contribution in [2.45, 2.75) is 57.3 Å². The molecular weight excluding hydrogens is 346 g/mol. The van der Waals surface area contributed by atoms with Crippen molar-refractivity contribution in [1.29, 1.82) is 0 Å². The molecule has 0 N–H and O–H groups in total. The third kappa shape index (κ3) is 3.90. The molecular formula is C23H26F2O2. The zero-order valence-corrected chi connectivity index (χ0v) is 15.8. The third-order valence-corrected chi connectivity index (χ3v) is 5.51. The molecule has 0 atom stereocenters. The fourth-order valence-corrected chi connectivity index (χ4v) is 3.93. The summed E-state index contributed by atoms with van der Waals surface area (Å²) in [7, 11) is 0. The molecule has 0 amide bonds. The number of carbonyl (C=O) groups is 1. The molecule has 2 aromatic carbocycles. The van der Waals surface area contributed by atoms with Crippen LogP contribution in [0.4, 0.5) is 8.78 Å². The first-order valence-electron chi connectivity index (χ1n) is 9.80. The minimum atomic E-state index is -0.807. The zero-order valence-electron chi connectivity index (χ0n) is 15.8. The molecule has 0 heterocycles. The smallest absolute Gasteiger partial charge is 0.169 e. The first-order chi connectivity index (χ1) is 13.1. The van der Waals surface area contributed by atoms with Gasteiger partial charge in [0, 0.05) is 16.7 Å². The Balaban J connectivity index is 2.11. The van der Waals surface area contributed by atoms with Crippen molar-refractivity contribution < 1.29 is 18.3 Å².